The number of hydrogen-bond donors (Lipinski definition) is 1. The number of benzene rings is 1. The number of nitrogens with one attached hydrogen (secondary N) is 1. The molecule has 2 heterocycles. The summed E-state index contributed by atoms with van der Waals surface area (Å²) in [6, 6.07) is 8.10. The van der Waals surface area contributed by atoms with Crippen molar-refractivity contribution in [2.24, 2.45) is 7.05 Å². The molecule has 0 atom stereocenters. The van der Waals surface area contributed by atoms with E-state index < -0.39 is 5.41 Å². The molecule has 1 aromatic carbocycles. The van der Waals surface area contributed by atoms with Gasteiger partial charge in [0.2, 0.25) is 0 Å². The predicted molar refractivity (Wildman–Crippen MR) is 114 cm³/mol. The van der Waals surface area contributed by atoms with Crippen LogP contribution in [0.15, 0.2) is 36.7 Å². The molecular formula is C23H25N5O2. The maximum absolute atomic E-state index is 12.3. The number of anilines is 2. The topological polar surface area (TPSA) is 81.9 Å². The minimum absolute atomic E-state index is 0.135. The number of methoxy groups -OCH3 is 1. The van der Waals surface area contributed by atoms with Gasteiger partial charge in [-0.3, -0.25) is 9.48 Å². The number of hydrogen-bond acceptors (Lipinski definition) is 6. The standard InChI is InChI=1S/C23H25N5O2/c1-28-14-15(13-24-28)20-26-19-6-3-5-18(19)21(27-20)25-17-9-7-16(8-10-17)23(11-4-12-23)22(29)30-2/h7-10,13-14H,3-6,11-12H2,1-2H3,(H,25,26,27). The molecule has 0 unspecified atom stereocenters. The Balaban J connectivity index is 1.45. The Hall–Kier alpha value is -3.22. The number of carbonyl (C=O) groups is 1. The molecule has 1 saturated carbocycles. The molecule has 3 aromatic rings. The molecule has 2 aliphatic rings. The average molecular weight is 403 g/mol. The highest BCUT2D eigenvalue weighted by molar-refractivity contribution is 5.84. The van der Waals surface area contributed by atoms with Crippen molar-refractivity contribution < 1.29 is 9.53 Å². The van der Waals surface area contributed by atoms with E-state index >= 15 is 0 Å². The van der Waals surface area contributed by atoms with Gasteiger partial charge in [-0.1, -0.05) is 18.6 Å². The van der Waals surface area contributed by atoms with E-state index in [0.717, 1.165) is 66.9 Å². The molecule has 30 heavy (non-hydrogen) atoms. The second-order valence-electron chi connectivity index (χ2n) is 8.21. The number of aryl methyl sites for hydroxylation is 2. The second-order valence-corrected chi connectivity index (χ2v) is 8.21. The van der Waals surface area contributed by atoms with Crippen molar-refractivity contribution in [2.45, 2.75) is 43.9 Å². The summed E-state index contributed by atoms with van der Waals surface area (Å²) in [6.45, 7) is 0. The van der Waals surface area contributed by atoms with Crippen molar-refractivity contribution in [3.63, 3.8) is 0 Å². The maximum Gasteiger partial charge on any atom is 0.316 e. The molecule has 5 rings (SSSR count). The lowest BCUT2D eigenvalue weighted by Gasteiger charge is -2.39. The van der Waals surface area contributed by atoms with Crippen LogP contribution in [-0.4, -0.2) is 32.8 Å². The highest BCUT2D eigenvalue weighted by Gasteiger charge is 2.46. The van der Waals surface area contributed by atoms with Gasteiger partial charge in [-0.2, -0.15) is 5.10 Å². The molecule has 0 radical (unpaired) electrons. The van der Waals surface area contributed by atoms with E-state index in [0.29, 0.717) is 5.82 Å². The Bertz CT molecular complexity index is 1100. The third-order valence-corrected chi connectivity index (χ3v) is 6.38. The van der Waals surface area contributed by atoms with E-state index in [4.69, 9.17) is 14.7 Å². The summed E-state index contributed by atoms with van der Waals surface area (Å²) < 4.78 is 6.83. The van der Waals surface area contributed by atoms with Crippen LogP contribution in [0.1, 0.15) is 42.5 Å². The van der Waals surface area contributed by atoms with Crippen LogP contribution in [0.2, 0.25) is 0 Å². The smallest absolute Gasteiger partial charge is 0.316 e. The molecular weight excluding hydrogens is 378 g/mol. The monoisotopic (exact) mass is 403 g/mol. The van der Waals surface area contributed by atoms with Crippen LogP contribution in [0.3, 0.4) is 0 Å². The minimum atomic E-state index is -0.475. The van der Waals surface area contributed by atoms with Crippen LogP contribution in [0.5, 0.6) is 0 Å². The lowest BCUT2D eigenvalue weighted by molar-refractivity contribution is -0.151. The quantitative estimate of drug-likeness (QED) is 0.654. The van der Waals surface area contributed by atoms with E-state index in [-0.39, 0.29) is 5.97 Å². The van der Waals surface area contributed by atoms with Gasteiger partial charge in [0, 0.05) is 30.2 Å². The van der Waals surface area contributed by atoms with E-state index in [1.165, 1.54) is 12.7 Å². The predicted octanol–water partition coefficient (Wildman–Crippen LogP) is 3.70. The first-order valence-corrected chi connectivity index (χ1v) is 10.4. The van der Waals surface area contributed by atoms with Gasteiger partial charge in [-0.15, -0.1) is 0 Å². The first-order valence-electron chi connectivity index (χ1n) is 10.4. The van der Waals surface area contributed by atoms with E-state index in [2.05, 4.69) is 10.4 Å². The van der Waals surface area contributed by atoms with Gasteiger partial charge >= 0.3 is 5.97 Å². The summed E-state index contributed by atoms with van der Waals surface area (Å²) in [6.07, 6.45) is 9.52. The largest absolute Gasteiger partial charge is 0.468 e. The Labute approximate surface area is 175 Å². The molecule has 7 nitrogen and oxygen atoms in total. The molecule has 0 saturated heterocycles. The summed E-state index contributed by atoms with van der Waals surface area (Å²) in [7, 11) is 3.36. The Morgan fingerprint density at radius 3 is 2.57 bits per heavy atom. The van der Waals surface area contributed by atoms with Gasteiger partial charge < -0.3 is 10.1 Å². The zero-order valence-electron chi connectivity index (χ0n) is 17.3. The van der Waals surface area contributed by atoms with E-state index in [1.807, 2.05) is 37.5 Å². The number of fused-ring (bicyclic) bond motifs is 1. The first kappa shape index (κ1) is 18.8. The fourth-order valence-corrected chi connectivity index (χ4v) is 4.55. The summed E-state index contributed by atoms with van der Waals surface area (Å²) in [4.78, 5) is 21.9. The normalized spacial score (nSPS) is 16.6. The number of carbonyl (C=O) groups excluding carboxylic acids is 1. The summed E-state index contributed by atoms with van der Waals surface area (Å²) >= 11 is 0. The van der Waals surface area contributed by atoms with E-state index in [1.54, 1.807) is 10.9 Å². The molecule has 0 spiro atoms. The van der Waals surface area contributed by atoms with E-state index in [9.17, 15) is 4.79 Å². The van der Waals surface area contributed by atoms with Crippen LogP contribution in [0, 0.1) is 0 Å². The summed E-state index contributed by atoms with van der Waals surface area (Å²) in [5.74, 6) is 1.42. The van der Waals surface area contributed by atoms with Gasteiger partial charge in [0.1, 0.15) is 5.82 Å². The molecule has 2 aromatic heterocycles. The van der Waals surface area contributed by atoms with Gasteiger partial charge in [-0.25, -0.2) is 9.97 Å². The Kier molecular flexibility index (Phi) is 4.53. The number of aromatic nitrogens is 4. The Morgan fingerprint density at radius 2 is 1.93 bits per heavy atom. The first-order chi connectivity index (χ1) is 14.6. The van der Waals surface area contributed by atoms with Crippen molar-refractivity contribution in [2.75, 3.05) is 12.4 Å². The van der Waals surface area contributed by atoms with Gasteiger partial charge in [0.25, 0.3) is 0 Å². The van der Waals surface area contributed by atoms with Crippen LogP contribution < -0.4 is 5.32 Å². The number of ether oxygens (including phenoxy) is 1. The molecule has 1 fully saturated rings. The Morgan fingerprint density at radius 1 is 1.13 bits per heavy atom. The zero-order chi connectivity index (χ0) is 20.7. The van der Waals surface area contributed by atoms with Crippen LogP contribution in [0.25, 0.3) is 11.4 Å². The van der Waals surface area contributed by atoms with Crippen molar-refractivity contribution >= 4 is 17.5 Å². The third kappa shape index (κ3) is 3.05. The second kappa shape index (κ2) is 7.23. The number of rotatable bonds is 5. The van der Waals surface area contributed by atoms with Gasteiger partial charge in [-0.05, 0) is 49.8 Å². The summed E-state index contributed by atoms with van der Waals surface area (Å²) in [5.41, 5.74) is 4.71. The van der Waals surface area contributed by atoms with Crippen molar-refractivity contribution in [3.8, 4) is 11.4 Å². The van der Waals surface area contributed by atoms with Crippen molar-refractivity contribution in [3.05, 3.63) is 53.5 Å². The molecule has 0 bridgehead atoms. The fourth-order valence-electron chi connectivity index (χ4n) is 4.55. The van der Waals surface area contributed by atoms with Crippen LogP contribution in [0.4, 0.5) is 11.5 Å². The zero-order valence-corrected chi connectivity index (χ0v) is 17.3. The van der Waals surface area contributed by atoms with Crippen molar-refractivity contribution in [1.82, 2.24) is 19.7 Å². The fraction of sp³-hybridized carbons (Fsp3) is 0.391. The third-order valence-electron chi connectivity index (χ3n) is 6.38. The molecule has 0 amide bonds. The van der Waals surface area contributed by atoms with Crippen LogP contribution in [-0.2, 0) is 34.8 Å². The molecule has 1 N–H and O–H groups in total. The summed E-state index contributed by atoms with van der Waals surface area (Å²) in [5, 5.41) is 7.73. The van der Waals surface area contributed by atoms with Crippen LogP contribution >= 0.6 is 0 Å². The van der Waals surface area contributed by atoms with Gasteiger partial charge in [0.15, 0.2) is 5.82 Å². The highest BCUT2D eigenvalue weighted by atomic mass is 16.5. The maximum atomic E-state index is 12.3. The average Bonchev–Trinajstić information content (AvgIpc) is 3.37. The number of nitrogens with zero attached hydrogens (tertiary/aromatic N) is 4. The highest BCUT2D eigenvalue weighted by Crippen LogP contribution is 2.45. The SMILES string of the molecule is COC(=O)C1(c2ccc(Nc3nc(-c4cnn(C)c4)nc4c3CCC4)cc2)CCC1. The minimum Gasteiger partial charge on any atom is -0.468 e. The lowest BCUT2D eigenvalue weighted by atomic mass is 9.64. The van der Waals surface area contributed by atoms with Crippen molar-refractivity contribution in [1.29, 1.82) is 0 Å². The molecule has 7 heteroatoms. The molecule has 0 aliphatic heterocycles. The molecule has 2 aliphatic carbocycles. The molecule has 154 valence electrons. The lowest BCUT2D eigenvalue weighted by Crippen LogP contribution is -2.43. The van der Waals surface area contributed by atoms with Gasteiger partial charge in [0.05, 0.1) is 24.3 Å². The number of esters is 1.